The van der Waals surface area contributed by atoms with Crippen LogP contribution >= 0.6 is 11.6 Å². The molecule has 3 nitrogen and oxygen atoms in total. The zero-order chi connectivity index (χ0) is 10.1. The molecule has 1 heterocycles. The van der Waals surface area contributed by atoms with Crippen molar-refractivity contribution < 1.29 is 9.90 Å². The zero-order valence-corrected chi connectivity index (χ0v) is 8.81. The second-order valence-corrected chi connectivity index (χ2v) is 3.35. The van der Waals surface area contributed by atoms with Gasteiger partial charge in [-0.1, -0.05) is 13.3 Å². The summed E-state index contributed by atoms with van der Waals surface area (Å²) in [5.41, 5.74) is 0. The molecule has 4 heteroatoms. The Labute approximate surface area is 84.5 Å². The second-order valence-electron chi connectivity index (χ2n) is 3.08. The SMILES string of the molecule is CCC1CCCCN1.O=C(O)CCl. The minimum atomic E-state index is -0.980. The van der Waals surface area contributed by atoms with E-state index in [1.165, 1.54) is 32.2 Å². The van der Waals surface area contributed by atoms with Crippen LogP contribution in [0.25, 0.3) is 0 Å². The van der Waals surface area contributed by atoms with Gasteiger partial charge in [0.05, 0.1) is 0 Å². The minimum absolute atomic E-state index is 0.306. The summed E-state index contributed by atoms with van der Waals surface area (Å²) >= 11 is 4.74. The van der Waals surface area contributed by atoms with E-state index in [9.17, 15) is 4.79 Å². The summed E-state index contributed by atoms with van der Waals surface area (Å²) in [6.45, 7) is 3.50. The first kappa shape index (κ1) is 12.7. The fourth-order valence-corrected chi connectivity index (χ4v) is 1.27. The van der Waals surface area contributed by atoms with Gasteiger partial charge in [0.15, 0.2) is 0 Å². The molecule has 78 valence electrons. The molecule has 0 aromatic heterocycles. The standard InChI is InChI=1S/C7H15N.C2H3ClO2/c1-2-7-5-3-4-6-8-7;3-1-2(4)5/h7-8H,2-6H2,1H3;1H2,(H,4,5). The lowest BCUT2D eigenvalue weighted by molar-refractivity contribution is -0.134. The van der Waals surface area contributed by atoms with Gasteiger partial charge in [0.1, 0.15) is 5.88 Å². The van der Waals surface area contributed by atoms with Crippen molar-refractivity contribution in [1.29, 1.82) is 0 Å². The van der Waals surface area contributed by atoms with Gasteiger partial charge in [-0.15, -0.1) is 11.6 Å². The van der Waals surface area contributed by atoms with Gasteiger partial charge < -0.3 is 10.4 Å². The molecule has 0 aromatic rings. The minimum Gasteiger partial charge on any atom is -0.480 e. The van der Waals surface area contributed by atoms with Crippen LogP contribution in [0.2, 0.25) is 0 Å². The van der Waals surface area contributed by atoms with Crippen LogP contribution in [0.4, 0.5) is 0 Å². The summed E-state index contributed by atoms with van der Waals surface area (Å²) in [5.74, 6) is -1.29. The summed E-state index contributed by atoms with van der Waals surface area (Å²) < 4.78 is 0. The fourth-order valence-electron chi connectivity index (χ4n) is 1.27. The van der Waals surface area contributed by atoms with E-state index < -0.39 is 5.97 Å². The van der Waals surface area contributed by atoms with Gasteiger partial charge in [0.2, 0.25) is 0 Å². The first-order valence-corrected chi connectivity index (χ1v) is 5.25. The van der Waals surface area contributed by atoms with Crippen LogP contribution in [0.1, 0.15) is 32.6 Å². The highest BCUT2D eigenvalue weighted by atomic mass is 35.5. The quantitative estimate of drug-likeness (QED) is 0.680. The predicted octanol–water partition coefficient (Wildman–Crippen LogP) is 1.85. The molecule has 13 heavy (non-hydrogen) atoms. The molecule has 1 aliphatic heterocycles. The lowest BCUT2D eigenvalue weighted by atomic mass is 10.0. The van der Waals surface area contributed by atoms with E-state index in [0.29, 0.717) is 0 Å². The molecule has 0 spiro atoms. The van der Waals surface area contributed by atoms with Crippen LogP contribution in [-0.2, 0) is 4.79 Å². The Kier molecular flexibility index (Phi) is 8.14. The van der Waals surface area contributed by atoms with E-state index in [1.54, 1.807) is 0 Å². The Bertz CT molecular complexity index is 136. The summed E-state index contributed by atoms with van der Waals surface area (Å²) in [6.07, 6.45) is 5.53. The molecule has 0 radical (unpaired) electrons. The number of hydrogen-bond acceptors (Lipinski definition) is 2. The predicted molar refractivity (Wildman–Crippen MR) is 54.3 cm³/mol. The van der Waals surface area contributed by atoms with Gasteiger partial charge in [0, 0.05) is 6.04 Å². The van der Waals surface area contributed by atoms with E-state index in [-0.39, 0.29) is 5.88 Å². The van der Waals surface area contributed by atoms with Crippen LogP contribution in [0.5, 0.6) is 0 Å². The highest BCUT2D eigenvalue weighted by Crippen LogP contribution is 2.08. The summed E-state index contributed by atoms with van der Waals surface area (Å²) in [4.78, 5) is 9.24. The molecule has 0 bridgehead atoms. The monoisotopic (exact) mass is 207 g/mol. The van der Waals surface area contributed by atoms with E-state index in [2.05, 4.69) is 12.2 Å². The molecule has 1 saturated heterocycles. The topological polar surface area (TPSA) is 49.3 Å². The van der Waals surface area contributed by atoms with Gasteiger partial charge in [-0.05, 0) is 25.8 Å². The third-order valence-corrected chi connectivity index (χ3v) is 2.25. The van der Waals surface area contributed by atoms with Crippen molar-refractivity contribution in [2.24, 2.45) is 0 Å². The molecule has 1 unspecified atom stereocenters. The highest BCUT2D eigenvalue weighted by Gasteiger charge is 2.08. The number of carboxylic acid groups (broad SMARTS) is 1. The van der Waals surface area contributed by atoms with Crippen molar-refractivity contribution in [3.63, 3.8) is 0 Å². The van der Waals surface area contributed by atoms with Crippen LogP contribution < -0.4 is 5.32 Å². The number of carboxylic acids is 1. The normalized spacial score (nSPS) is 21.5. The fraction of sp³-hybridized carbons (Fsp3) is 0.889. The molecule has 0 amide bonds. The molecule has 0 saturated carbocycles. The third-order valence-electron chi connectivity index (χ3n) is 2.02. The number of carbonyl (C=O) groups is 1. The molecule has 0 aliphatic carbocycles. The Morgan fingerprint density at radius 3 is 2.46 bits per heavy atom. The van der Waals surface area contributed by atoms with E-state index >= 15 is 0 Å². The van der Waals surface area contributed by atoms with E-state index in [4.69, 9.17) is 16.7 Å². The molecular formula is C9H18ClNO2. The Hall–Kier alpha value is -0.280. The molecule has 0 aromatic carbocycles. The van der Waals surface area contributed by atoms with Crippen molar-refractivity contribution in [3.8, 4) is 0 Å². The molecule has 1 fully saturated rings. The first-order valence-electron chi connectivity index (χ1n) is 4.71. The zero-order valence-electron chi connectivity index (χ0n) is 8.05. The Balaban J connectivity index is 0.000000252. The number of piperidine rings is 1. The van der Waals surface area contributed by atoms with Gasteiger partial charge in [-0.25, -0.2) is 0 Å². The number of hydrogen-bond donors (Lipinski definition) is 2. The van der Waals surface area contributed by atoms with Gasteiger partial charge in [0.25, 0.3) is 0 Å². The Morgan fingerprint density at radius 1 is 1.62 bits per heavy atom. The summed E-state index contributed by atoms with van der Waals surface area (Å²) in [5, 5.41) is 11.1. The number of rotatable bonds is 2. The average Bonchev–Trinajstić information content (AvgIpc) is 2.20. The largest absolute Gasteiger partial charge is 0.480 e. The molecule has 1 aliphatic rings. The van der Waals surface area contributed by atoms with Crippen molar-refractivity contribution in [2.45, 2.75) is 38.6 Å². The lowest BCUT2D eigenvalue weighted by Gasteiger charge is -2.21. The number of nitrogens with one attached hydrogen (secondary N) is 1. The van der Waals surface area contributed by atoms with E-state index in [1.807, 2.05) is 0 Å². The van der Waals surface area contributed by atoms with Crippen LogP contribution in [0.15, 0.2) is 0 Å². The van der Waals surface area contributed by atoms with Gasteiger partial charge in [-0.3, -0.25) is 4.79 Å². The maximum absolute atomic E-state index is 9.24. The van der Waals surface area contributed by atoms with Gasteiger partial charge in [-0.2, -0.15) is 0 Å². The molecule has 1 atom stereocenters. The van der Waals surface area contributed by atoms with Gasteiger partial charge >= 0.3 is 5.97 Å². The Morgan fingerprint density at radius 2 is 2.23 bits per heavy atom. The molecular weight excluding hydrogens is 190 g/mol. The lowest BCUT2D eigenvalue weighted by Crippen LogP contribution is -2.32. The second kappa shape index (κ2) is 8.32. The average molecular weight is 208 g/mol. The number of alkyl halides is 1. The molecule has 2 N–H and O–H groups in total. The maximum atomic E-state index is 9.24. The maximum Gasteiger partial charge on any atom is 0.318 e. The number of aliphatic carboxylic acids is 1. The smallest absolute Gasteiger partial charge is 0.318 e. The van der Waals surface area contributed by atoms with Crippen molar-refractivity contribution in [2.75, 3.05) is 12.4 Å². The number of halogens is 1. The third kappa shape index (κ3) is 8.06. The van der Waals surface area contributed by atoms with Crippen molar-refractivity contribution in [3.05, 3.63) is 0 Å². The summed E-state index contributed by atoms with van der Waals surface area (Å²) in [7, 11) is 0. The molecule has 1 rings (SSSR count). The summed E-state index contributed by atoms with van der Waals surface area (Å²) in [6, 6.07) is 0.837. The van der Waals surface area contributed by atoms with Crippen LogP contribution in [0.3, 0.4) is 0 Å². The highest BCUT2D eigenvalue weighted by molar-refractivity contribution is 6.26. The van der Waals surface area contributed by atoms with E-state index in [0.717, 1.165) is 6.04 Å². The van der Waals surface area contributed by atoms with Crippen LogP contribution in [0, 0.1) is 0 Å². The first-order chi connectivity index (χ1) is 6.20. The van der Waals surface area contributed by atoms with Crippen LogP contribution in [-0.4, -0.2) is 29.5 Å². The van der Waals surface area contributed by atoms with Crippen molar-refractivity contribution in [1.82, 2.24) is 5.32 Å². The van der Waals surface area contributed by atoms with Crippen molar-refractivity contribution >= 4 is 17.6 Å².